The lowest BCUT2D eigenvalue weighted by Gasteiger charge is -2.61. The van der Waals surface area contributed by atoms with Crippen LogP contribution in [0.5, 0.6) is 5.75 Å². The van der Waals surface area contributed by atoms with Crippen molar-refractivity contribution in [3.63, 3.8) is 0 Å². The Bertz CT molecular complexity index is 724. The Morgan fingerprint density at radius 3 is 2.81 bits per heavy atom. The van der Waals surface area contributed by atoms with Crippen molar-refractivity contribution in [1.82, 2.24) is 9.80 Å². The van der Waals surface area contributed by atoms with Gasteiger partial charge >= 0.3 is 0 Å². The Hall–Kier alpha value is -0.580. The minimum Gasteiger partial charge on any atom is -0.497 e. The lowest BCUT2D eigenvalue weighted by Crippen LogP contribution is -2.64. The Morgan fingerprint density at radius 1 is 1.11 bits per heavy atom. The van der Waals surface area contributed by atoms with Crippen LogP contribution in [0.4, 0.5) is 0 Å². The van der Waals surface area contributed by atoms with E-state index in [4.69, 9.17) is 4.74 Å². The standard InChI is InChI=1S/C23H32N2O.BrH/c1-26-18-6-5-17-13-21-19-4-2-3-8-23(19,20(17)14-18)9-11-25(21)22-12-16-7-10-24(22)15-16;/h5-6,14,16,19,21-22H,2-4,7-13,15H2,1H3;1H/t16?,19-,21+,22?,23+;/m0./s1. The van der Waals surface area contributed by atoms with E-state index in [1.807, 2.05) is 7.11 Å². The summed E-state index contributed by atoms with van der Waals surface area (Å²) in [4.78, 5) is 5.78. The van der Waals surface area contributed by atoms with Gasteiger partial charge in [-0.15, -0.1) is 17.0 Å². The van der Waals surface area contributed by atoms with E-state index in [1.54, 1.807) is 11.1 Å². The molecule has 1 saturated carbocycles. The Morgan fingerprint density at radius 2 is 2.04 bits per heavy atom. The predicted molar refractivity (Wildman–Crippen MR) is 114 cm³/mol. The molecular formula is C23H33BrN2O. The first-order valence-corrected chi connectivity index (χ1v) is 11.0. The van der Waals surface area contributed by atoms with Gasteiger partial charge in [0.15, 0.2) is 0 Å². The van der Waals surface area contributed by atoms with Gasteiger partial charge in [-0.25, -0.2) is 0 Å². The zero-order chi connectivity index (χ0) is 17.3. The molecule has 5 aliphatic rings. The van der Waals surface area contributed by atoms with Crippen molar-refractivity contribution in [3.05, 3.63) is 29.3 Å². The van der Waals surface area contributed by atoms with Gasteiger partial charge in [0.1, 0.15) is 5.75 Å². The molecule has 3 heterocycles. The summed E-state index contributed by atoms with van der Waals surface area (Å²) in [7, 11) is 1.82. The molecule has 3 aliphatic heterocycles. The molecule has 0 spiro atoms. The normalized spacial score (nSPS) is 42.2. The summed E-state index contributed by atoms with van der Waals surface area (Å²) in [5.74, 6) is 2.91. The number of rotatable bonds is 2. The van der Waals surface area contributed by atoms with E-state index in [2.05, 4.69) is 28.0 Å². The van der Waals surface area contributed by atoms with Gasteiger partial charge in [-0.3, -0.25) is 9.80 Å². The molecular weight excluding hydrogens is 400 g/mol. The molecule has 27 heavy (non-hydrogen) atoms. The maximum Gasteiger partial charge on any atom is 0.119 e. The molecule has 0 amide bonds. The molecule has 3 nitrogen and oxygen atoms in total. The molecule has 4 fully saturated rings. The molecule has 4 bridgehead atoms. The van der Waals surface area contributed by atoms with E-state index in [0.29, 0.717) is 5.41 Å². The summed E-state index contributed by atoms with van der Waals surface area (Å²) in [5, 5.41) is 0. The third kappa shape index (κ3) is 2.59. The van der Waals surface area contributed by atoms with Gasteiger partial charge in [0, 0.05) is 24.5 Å². The number of piperidine rings is 2. The van der Waals surface area contributed by atoms with Crippen LogP contribution in [0.15, 0.2) is 18.2 Å². The quantitative estimate of drug-likeness (QED) is 0.689. The fourth-order valence-corrected chi connectivity index (χ4v) is 7.63. The minimum absolute atomic E-state index is 0. The van der Waals surface area contributed by atoms with Crippen LogP contribution >= 0.6 is 17.0 Å². The molecule has 148 valence electrons. The molecule has 1 aromatic carbocycles. The maximum atomic E-state index is 5.61. The van der Waals surface area contributed by atoms with E-state index in [1.165, 1.54) is 71.0 Å². The fourth-order valence-electron chi connectivity index (χ4n) is 7.63. The molecule has 0 N–H and O–H groups in total. The monoisotopic (exact) mass is 432 g/mol. The number of fused-ring (bicyclic) bond motifs is 3. The maximum absolute atomic E-state index is 5.61. The van der Waals surface area contributed by atoms with Crippen LogP contribution in [0.25, 0.3) is 0 Å². The van der Waals surface area contributed by atoms with Gasteiger partial charge in [0.25, 0.3) is 0 Å². The zero-order valence-corrected chi connectivity index (χ0v) is 18.2. The van der Waals surface area contributed by atoms with E-state index in [9.17, 15) is 0 Å². The zero-order valence-electron chi connectivity index (χ0n) is 16.5. The highest BCUT2D eigenvalue weighted by Crippen LogP contribution is 2.57. The van der Waals surface area contributed by atoms with Crippen LogP contribution in [-0.4, -0.2) is 48.8 Å². The SMILES string of the molecule is Br.COc1ccc2c(c1)[C@@]13CCCC[C@H]1[C@@H](C2)N(C1CC2CCN1C2)CC3. The third-order valence-corrected chi connectivity index (χ3v) is 8.75. The molecule has 6 atom stereocenters. The van der Waals surface area contributed by atoms with Crippen LogP contribution in [0, 0.1) is 11.8 Å². The van der Waals surface area contributed by atoms with Crippen LogP contribution < -0.4 is 4.74 Å². The van der Waals surface area contributed by atoms with Crippen molar-refractivity contribution in [3.8, 4) is 5.75 Å². The second kappa shape index (κ2) is 6.74. The minimum atomic E-state index is 0. The molecule has 0 aromatic heterocycles. The Balaban J connectivity index is 0.00000160. The fraction of sp³-hybridized carbons (Fsp3) is 0.739. The van der Waals surface area contributed by atoms with Crippen molar-refractivity contribution >= 4 is 17.0 Å². The van der Waals surface area contributed by atoms with Gasteiger partial charge in [-0.2, -0.15) is 0 Å². The van der Waals surface area contributed by atoms with Crippen molar-refractivity contribution in [2.75, 3.05) is 26.7 Å². The second-order valence-corrected chi connectivity index (χ2v) is 9.66. The summed E-state index contributed by atoms with van der Waals surface area (Å²) >= 11 is 0. The van der Waals surface area contributed by atoms with E-state index in [0.717, 1.165) is 29.8 Å². The first-order valence-electron chi connectivity index (χ1n) is 11.0. The van der Waals surface area contributed by atoms with Gasteiger partial charge in [0.2, 0.25) is 0 Å². The number of hydrogen-bond acceptors (Lipinski definition) is 3. The van der Waals surface area contributed by atoms with Crippen LogP contribution in [0.1, 0.15) is 56.1 Å². The number of hydrogen-bond donors (Lipinski definition) is 0. The van der Waals surface area contributed by atoms with Crippen molar-refractivity contribution < 1.29 is 4.74 Å². The summed E-state index contributed by atoms with van der Waals surface area (Å²) in [6, 6.07) is 7.76. The summed E-state index contributed by atoms with van der Waals surface area (Å²) in [5.41, 5.74) is 3.72. The third-order valence-electron chi connectivity index (χ3n) is 8.75. The highest BCUT2D eigenvalue weighted by Gasteiger charge is 2.56. The van der Waals surface area contributed by atoms with Crippen molar-refractivity contribution in [1.29, 1.82) is 0 Å². The lowest BCUT2D eigenvalue weighted by molar-refractivity contribution is -0.0677. The average Bonchev–Trinajstić information content (AvgIpc) is 3.31. The molecule has 3 unspecified atom stereocenters. The number of halogens is 1. The van der Waals surface area contributed by atoms with Crippen molar-refractivity contribution in [2.45, 2.75) is 69.0 Å². The van der Waals surface area contributed by atoms with Crippen LogP contribution in [-0.2, 0) is 11.8 Å². The average molecular weight is 433 g/mol. The van der Waals surface area contributed by atoms with Gasteiger partial charge in [-0.05, 0) is 80.2 Å². The van der Waals surface area contributed by atoms with Crippen LogP contribution in [0.3, 0.4) is 0 Å². The lowest BCUT2D eigenvalue weighted by atomic mass is 9.52. The highest BCUT2D eigenvalue weighted by atomic mass is 79.9. The Labute approximate surface area is 174 Å². The van der Waals surface area contributed by atoms with Gasteiger partial charge in [-0.1, -0.05) is 18.9 Å². The predicted octanol–water partition coefficient (Wildman–Crippen LogP) is 4.38. The van der Waals surface area contributed by atoms with E-state index >= 15 is 0 Å². The number of benzene rings is 1. The van der Waals surface area contributed by atoms with E-state index < -0.39 is 0 Å². The number of likely N-dealkylation sites (tertiary alicyclic amines) is 1. The van der Waals surface area contributed by atoms with E-state index in [-0.39, 0.29) is 17.0 Å². The highest BCUT2D eigenvalue weighted by molar-refractivity contribution is 8.93. The number of ether oxygens (including phenoxy) is 1. The van der Waals surface area contributed by atoms with Crippen LogP contribution in [0.2, 0.25) is 0 Å². The first-order chi connectivity index (χ1) is 12.8. The van der Waals surface area contributed by atoms with Gasteiger partial charge < -0.3 is 4.74 Å². The smallest absolute Gasteiger partial charge is 0.119 e. The topological polar surface area (TPSA) is 15.7 Å². The number of methoxy groups -OCH3 is 1. The molecule has 6 rings (SSSR count). The Kier molecular flexibility index (Phi) is 4.61. The summed E-state index contributed by atoms with van der Waals surface area (Å²) in [6.07, 6.45) is 12.0. The molecule has 3 saturated heterocycles. The molecule has 4 heteroatoms. The largest absolute Gasteiger partial charge is 0.497 e. The number of nitrogens with zero attached hydrogens (tertiary/aromatic N) is 2. The first kappa shape index (κ1) is 18.4. The van der Waals surface area contributed by atoms with Gasteiger partial charge in [0.05, 0.1) is 13.3 Å². The second-order valence-electron chi connectivity index (χ2n) is 9.66. The molecule has 1 aromatic rings. The summed E-state index contributed by atoms with van der Waals surface area (Å²) in [6.45, 7) is 4.03. The van der Waals surface area contributed by atoms with Crippen molar-refractivity contribution in [2.24, 2.45) is 11.8 Å². The molecule has 2 aliphatic carbocycles. The summed E-state index contributed by atoms with van der Waals surface area (Å²) < 4.78 is 5.61. The molecule has 0 radical (unpaired) electrons.